The largest absolute Gasteiger partial charge is 0.321 e. The van der Waals surface area contributed by atoms with E-state index in [0.717, 1.165) is 5.92 Å². The van der Waals surface area contributed by atoms with Gasteiger partial charge in [0.2, 0.25) is 0 Å². The molecule has 1 nitrogen and oxygen atoms in total. The molecule has 0 saturated heterocycles. The predicted molar refractivity (Wildman–Crippen MR) is 71.8 cm³/mol. The van der Waals surface area contributed by atoms with Crippen molar-refractivity contribution in [3.05, 3.63) is 35.4 Å². The lowest BCUT2D eigenvalue weighted by molar-refractivity contribution is 0.285. The van der Waals surface area contributed by atoms with Crippen LogP contribution in [0.3, 0.4) is 0 Å². The Morgan fingerprint density at radius 1 is 1.12 bits per heavy atom. The van der Waals surface area contributed by atoms with Crippen LogP contribution in [0.2, 0.25) is 0 Å². The molecular formula is C16H23N. The third kappa shape index (κ3) is 2.13. The van der Waals surface area contributed by atoms with Gasteiger partial charge in [-0.15, -0.1) is 0 Å². The normalized spacial score (nSPS) is 29.2. The fraction of sp³-hybridized carbons (Fsp3) is 0.625. The van der Waals surface area contributed by atoms with Crippen molar-refractivity contribution >= 4 is 0 Å². The van der Waals surface area contributed by atoms with Crippen molar-refractivity contribution in [1.82, 2.24) is 0 Å². The summed E-state index contributed by atoms with van der Waals surface area (Å²) in [5.74, 6) is 0.881. The van der Waals surface area contributed by atoms with Gasteiger partial charge in [-0.2, -0.15) is 0 Å². The molecule has 2 aliphatic rings. The molecule has 0 aliphatic heterocycles. The molecule has 0 aromatic heterocycles. The molecule has 2 aliphatic carbocycles. The Labute approximate surface area is 104 Å². The van der Waals surface area contributed by atoms with E-state index >= 15 is 0 Å². The van der Waals surface area contributed by atoms with Crippen LogP contribution in [-0.4, -0.2) is 0 Å². The van der Waals surface area contributed by atoms with Crippen molar-refractivity contribution in [3.63, 3.8) is 0 Å². The van der Waals surface area contributed by atoms with E-state index in [2.05, 4.69) is 24.3 Å². The maximum absolute atomic E-state index is 6.75. The van der Waals surface area contributed by atoms with Crippen molar-refractivity contribution in [2.75, 3.05) is 0 Å². The molecule has 0 radical (unpaired) electrons. The summed E-state index contributed by atoms with van der Waals surface area (Å²) < 4.78 is 0. The van der Waals surface area contributed by atoms with Gasteiger partial charge in [0.15, 0.2) is 0 Å². The topological polar surface area (TPSA) is 26.0 Å². The Bertz CT molecular complexity index is 392. The molecule has 0 bridgehead atoms. The van der Waals surface area contributed by atoms with Gasteiger partial charge >= 0.3 is 0 Å². The monoisotopic (exact) mass is 229 g/mol. The van der Waals surface area contributed by atoms with Gasteiger partial charge in [-0.3, -0.25) is 0 Å². The third-order valence-corrected chi connectivity index (χ3v) is 4.75. The lowest BCUT2D eigenvalue weighted by atomic mass is 9.72. The minimum absolute atomic E-state index is 0.0240. The SMILES string of the molecule is NC1(CC2CCCC2)CCCc2ccccc21. The van der Waals surface area contributed by atoms with Crippen LogP contribution in [0.25, 0.3) is 0 Å². The molecule has 1 saturated carbocycles. The molecule has 1 unspecified atom stereocenters. The third-order valence-electron chi connectivity index (χ3n) is 4.75. The van der Waals surface area contributed by atoms with Crippen LogP contribution in [-0.2, 0) is 12.0 Å². The van der Waals surface area contributed by atoms with Crippen molar-refractivity contribution in [2.45, 2.75) is 56.9 Å². The first kappa shape index (κ1) is 11.3. The van der Waals surface area contributed by atoms with Gasteiger partial charge in [0.05, 0.1) is 0 Å². The molecular weight excluding hydrogens is 206 g/mol. The van der Waals surface area contributed by atoms with Gasteiger partial charge in [-0.1, -0.05) is 49.9 Å². The highest BCUT2D eigenvalue weighted by Gasteiger charge is 2.35. The Morgan fingerprint density at radius 3 is 2.71 bits per heavy atom. The number of hydrogen-bond donors (Lipinski definition) is 1. The Kier molecular flexibility index (Phi) is 2.96. The van der Waals surface area contributed by atoms with E-state index in [-0.39, 0.29) is 5.54 Å². The maximum Gasteiger partial charge on any atom is 0.0415 e. The maximum atomic E-state index is 6.75. The van der Waals surface area contributed by atoms with Crippen molar-refractivity contribution in [1.29, 1.82) is 0 Å². The molecule has 2 N–H and O–H groups in total. The zero-order chi connectivity index (χ0) is 11.7. The number of nitrogens with two attached hydrogens (primary N) is 1. The molecule has 0 spiro atoms. The van der Waals surface area contributed by atoms with Crippen LogP contribution >= 0.6 is 0 Å². The van der Waals surface area contributed by atoms with E-state index < -0.39 is 0 Å². The van der Waals surface area contributed by atoms with Crippen LogP contribution in [0.4, 0.5) is 0 Å². The van der Waals surface area contributed by atoms with Crippen LogP contribution in [0.15, 0.2) is 24.3 Å². The number of hydrogen-bond acceptors (Lipinski definition) is 1. The molecule has 1 aromatic rings. The lowest BCUT2D eigenvalue weighted by Crippen LogP contribution is -2.41. The van der Waals surface area contributed by atoms with Gasteiger partial charge in [-0.25, -0.2) is 0 Å². The first-order chi connectivity index (χ1) is 8.28. The van der Waals surface area contributed by atoms with Gasteiger partial charge in [0.25, 0.3) is 0 Å². The average Bonchev–Trinajstić information content (AvgIpc) is 2.82. The highest BCUT2D eigenvalue weighted by molar-refractivity contribution is 5.35. The molecule has 0 amide bonds. The van der Waals surface area contributed by atoms with E-state index in [1.165, 1.54) is 62.5 Å². The molecule has 17 heavy (non-hydrogen) atoms. The van der Waals surface area contributed by atoms with Crippen LogP contribution < -0.4 is 5.73 Å². The summed E-state index contributed by atoms with van der Waals surface area (Å²) in [4.78, 5) is 0. The molecule has 3 rings (SSSR count). The smallest absolute Gasteiger partial charge is 0.0415 e. The lowest BCUT2D eigenvalue weighted by Gasteiger charge is -2.37. The second-order valence-electron chi connectivity index (χ2n) is 6.02. The van der Waals surface area contributed by atoms with E-state index in [0.29, 0.717) is 0 Å². The summed E-state index contributed by atoms with van der Waals surface area (Å²) in [7, 11) is 0. The minimum atomic E-state index is -0.0240. The van der Waals surface area contributed by atoms with Crippen LogP contribution in [0, 0.1) is 5.92 Å². The van der Waals surface area contributed by atoms with Gasteiger partial charge < -0.3 is 5.73 Å². The summed E-state index contributed by atoms with van der Waals surface area (Å²) >= 11 is 0. The summed E-state index contributed by atoms with van der Waals surface area (Å²) in [6, 6.07) is 8.84. The van der Waals surface area contributed by atoms with Crippen molar-refractivity contribution in [3.8, 4) is 0 Å². The molecule has 1 fully saturated rings. The fourth-order valence-corrected chi connectivity index (χ4v) is 3.89. The van der Waals surface area contributed by atoms with Gasteiger partial charge in [0, 0.05) is 5.54 Å². The second-order valence-corrected chi connectivity index (χ2v) is 6.02. The van der Waals surface area contributed by atoms with Gasteiger partial charge in [-0.05, 0) is 42.7 Å². The fourth-order valence-electron chi connectivity index (χ4n) is 3.89. The summed E-state index contributed by atoms with van der Waals surface area (Å²) in [5, 5.41) is 0. The summed E-state index contributed by atoms with van der Waals surface area (Å²) in [6.45, 7) is 0. The number of rotatable bonds is 2. The van der Waals surface area contributed by atoms with E-state index in [1.807, 2.05) is 0 Å². The zero-order valence-electron chi connectivity index (χ0n) is 10.6. The first-order valence-electron chi connectivity index (χ1n) is 7.15. The van der Waals surface area contributed by atoms with Crippen LogP contribution in [0.1, 0.15) is 56.1 Å². The highest BCUT2D eigenvalue weighted by Crippen LogP contribution is 2.41. The predicted octanol–water partition coefficient (Wildman–Crippen LogP) is 3.76. The summed E-state index contributed by atoms with van der Waals surface area (Å²) in [6.07, 6.45) is 10.5. The highest BCUT2D eigenvalue weighted by atomic mass is 14.8. The first-order valence-corrected chi connectivity index (χ1v) is 7.15. The van der Waals surface area contributed by atoms with E-state index in [1.54, 1.807) is 0 Å². The minimum Gasteiger partial charge on any atom is -0.321 e. The number of benzene rings is 1. The number of fused-ring (bicyclic) bond motifs is 1. The average molecular weight is 229 g/mol. The van der Waals surface area contributed by atoms with E-state index in [4.69, 9.17) is 5.73 Å². The Hall–Kier alpha value is -0.820. The van der Waals surface area contributed by atoms with Crippen molar-refractivity contribution < 1.29 is 0 Å². The quantitative estimate of drug-likeness (QED) is 0.821. The molecule has 1 heteroatoms. The standard InChI is InChI=1S/C16H23N/c17-16(12-13-6-1-2-7-13)11-5-9-14-8-3-4-10-15(14)16/h3-4,8,10,13H,1-2,5-7,9,11-12,17H2. The molecule has 1 aromatic carbocycles. The zero-order valence-corrected chi connectivity index (χ0v) is 10.6. The Balaban J connectivity index is 1.86. The summed E-state index contributed by atoms with van der Waals surface area (Å²) in [5.41, 5.74) is 9.67. The molecule has 92 valence electrons. The Morgan fingerprint density at radius 2 is 1.88 bits per heavy atom. The van der Waals surface area contributed by atoms with Crippen LogP contribution in [0.5, 0.6) is 0 Å². The second kappa shape index (κ2) is 4.45. The van der Waals surface area contributed by atoms with Crippen molar-refractivity contribution in [2.24, 2.45) is 11.7 Å². The van der Waals surface area contributed by atoms with E-state index in [9.17, 15) is 0 Å². The van der Waals surface area contributed by atoms with Gasteiger partial charge in [0.1, 0.15) is 0 Å². The molecule has 1 atom stereocenters. The molecule has 0 heterocycles. The number of aryl methyl sites for hydroxylation is 1.